The van der Waals surface area contributed by atoms with Crippen LogP contribution < -0.4 is 4.90 Å². The number of carbonyl (C=O) groups is 1. The highest BCUT2D eigenvalue weighted by Gasteiger charge is 2.32. The van der Waals surface area contributed by atoms with Crippen molar-refractivity contribution >= 4 is 22.8 Å². The number of hydrogen-bond acceptors (Lipinski definition) is 5. The Hall–Kier alpha value is -4.18. The Morgan fingerprint density at radius 2 is 1.77 bits per heavy atom. The Morgan fingerprint density at radius 1 is 1.06 bits per heavy atom. The van der Waals surface area contributed by atoms with Gasteiger partial charge in [-0.3, -0.25) is 4.79 Å². The zero-order valence-corrected chi connectivity index (χ0v) is 20.2. The molecule has 1 fully saturated rings. The quantitative estimate of drug-likeness (QED) is 0.459. The molecule has 2 unspecified atom stereocenters. The average Bonchev–Trinajstić information content (AvgIpc) is 3.33. The molecule has 176 valence electrons. The van der Waals surface area contributed by atoms with E-state index in [2.05, 4.69) is 29.8 Å². The summed E-state index contributed by atoms with van der Waals surface area (Å²) in [6, 6.07) is 20.1. The fraction of sp³-hybridized carbons (Fsp3) is 0.286. The zero-order valence-electron chi connectivity index (χ0n) is 20.2. The maximum Gasteiger partial charge on any atom is 0.222 e. The van der Waals surface area contributed by atoms with Gasteiger partial charge in [0.15, 0.2) is 0 Å². The van der Waals surface area contributed by atoms with Crippen molar-refractivity contribution in [3.63, 3.8) is 0 Å². The van der Waals surface area contributed by atoms with Gasteiger partial charge in [-0.15, -0.1) is 0 Å². The minimum absolute atomic E-state index is 0.142. The van der Waals surface area contributed by atoms with Crippen molar-refractivity contribution in [1.29, 1.82) is 5.26 Å². The molecule has 1 aliphatic rings. The molecule has 1 amide bonds. The third-order valence-corrected chi connectivity index (χ3v) is 6.69. The van der Waals surface area contributed by atoms with E-state index in [1.165, 1.54) is 0 Å². The van der Waals surface area contributed by atoms with Crippen LogP contribution in [0.2, 0.25) is 0 Å². The number of nitrogens with zero attached hydrogens (tertiary/aromatic N) is 5. The zero-order chi connectivity index (χ0) is 24.5. The predicted octanol–water partition coefficient (Wildman–Crippen LogP) is 5.00. The second-order valence-electron chi connectivity index (χ2n) is 9.14. The summed E-state index contributed by atoms with van der Waals surface area (Å²) in [4.78, 5) is 29.6. The minimum Gasteiger partial charge on any atom is -0.353 e. The van der Waals surface area contributed by atoms with E-state index in [9.17, 15) is 4.79 Å². The molecule has 2 atom stereocenters. The third kappa shape index (κ3) is 4.24. The number of H-pyrrole nitrogens is 1. The maximum atomic E-state index is 12.3. The molecule has 0 aliphatic carbocycles. The van der Waals surface area contributed by atoms with Gasteiger partial charge in [-0.1, -0.05) is 31.2 Å². The first kappa shape index (κ1) is 22.6. The molecule has 1 N–H and O–H groups in total. The Kier molecular flexibility index (Phi) is 5.96. The summed E-state index contributed by atoms with van der Waals surface area (Å²) in [7, 11) is 0. The van der Waals surface area contributed by atoms with Crippen LogP contribution in [0.4, 0.5) is 5.82 Å². The molecular formula is C28H28N6O. The van der Waals surface area contributed by atoms with Crippen LogP contribution in [0, 0.1) is 11.3 Å². The molecule has 5 rings (SSSR count). The summed E-state index contributed by atoms with van der Waals surface area (Å²) >= 11 is 0. The van der Waals surface area contributed by atoms with Crippen LogP contribution in [0.1, 0.15) is 32.8 Å². The second kappa shape index (κ2) is 9.22. The number of carbonyl (C=O) groups excluding carboxylic acids is 1. The minimum atomic E-state index is 0.142. The molecular weight excluding hydrogens is 436 g/mol. The third-order valence-electron chi connectivity index (χ3n) is 6.69. The van der Waals surface area contributed by atoms with E-state index in [1.807, 2.05) is 72.6 Å². The smallest absolute Gasteiger partial charge is 0.222 e. The van der Waals surface area contributed by atoms with Gasteiger partial charge in [0.25, 0.3) is 0 Å². The van der Waals surface area contributed by atoms with Crippen molar-refractivity contribution in [1.82, 2.24) is 19.9 Å². The van der Waals surface area contributed by atoms with Crippen molar-refractivity contribution in [2.75, 3.05) is 18.0 Å². The van der Waals surface area contributed by atoms with Crippen molar-refractivity contribution < 1.29 is 4.79 Å². The molecule has 0 bridgehead atoms. The van der Waals surface area contributed by atoms with E-state index in [0.717, 1.165) is 52.5 Å². The first-order chi connectivity index (χ1) is 17.0. The van der Waals surface area contributed by atoms with Crippen LogP contribution in [-0.2, 0) is 4.79 Å². The monoisotopic (exact) mass is 464 g/mol. The first-order valence-electron chi connectivity index (χ1n) is 12.0. The summed E-state index contributed by atoms with van der Waals surface area (Å²) < 4.78 is 0. The van der Waals surface area contributed by atoms with Crippen molar-refractivity contribution in [2.45, 2.75) is 39.3 Å². The molecule has 0 radical (unpaired) electrons. The molecule has 7 heteroatoms. The molecule has 7 nitrogen and oxygen atoms in total. The number of nitrogens with one attached hydrogen (secondary N) is 1. The van der Waals surface area contributed by atoms with E-state index in [1.54, 1.807) is 0 Å². The number of fused-ring (bicyclic) bond motifs is 1. The summed E-state index contributed by atoms with van der Waals surface area (Å²) in [5.74, 6) is 1.88. The normalized spacial score (nSPS) is 18.0. The SMILES string of the molecule is CCC(=O)N1C(C)CN(c2ccc(-c3nc4c(-c5ccc(C#N)cc5)cccc4[nH]3)cn2)CC1C. The van der Waals surface area contributed by atoms with Crippen LogP contribution in [0.5, 0.6) is 0 Å². The van der Waals surface area contributed by atoms with Crippen LogP contribution in [0.25, 0.3) is 33.5 Å². The molecule has 1 saturated heterocycles. The van der Waals surface area contributed by atoms with Gasteiger partial charge in [0.1, 0.15) is 11.6 Å². The largest absolute Gasteiger partial charge is 0.353 e. The van der Waals surface area contributed by atoms with Crippen LogP contribution in [0.15, 0.2) is 60.8 Å². The molecule has 1 aliphatic heterocycles. The first-order valence-corrected chi connectivity index (χ1v) is 12.0. The number of imidazole rings is 1. The number of anilines is 1. The summed E-state index contributed by atoms with van der Waals surface area (Å²) in [6.45, 7) is 7.65. The van der Waals surface area contributed by atoms with E-state index in [0.29, 0.717) is 12.0 Å². The van der Waals surface area contributed by atoms with E-state index in [4.69, 9.17) is 15.2 Å². The Balaban J connectivity index is 1.40. The fourth-order valence-electron chi connectivity index (χ4n) is 5.02. The average molecular weight is 465 g/mol. The highest BCUT2D eigenvalue weighted by Crippen LogP contribution is 2.30. The summed E-state index contributed by atoms with van der Waals surface area (Å²) in [5.41, 5.74) is 5.42. The van der Waals surface area contributed by atoms with Gasteiger partial charge < -0.3 is 14.8 Å². The van der Waals surface area contributed by atoms with Gasteiger partial charge in [0.2, 0.25) is 5.91 Å². The predicted molar refractivity (Wildman–Crippen MR) is 138 cm³/mol. The highest BCUT2D eigenvalue weighted by atomic mass is 16.2. The van der Waals surface area contributed by atoms with Gasteiger partial charge in [0.05, 0.1) is 22.7 Å². The number of aromatic nitrogens is 3. The number of amides is 1. The van der Waals surface area contributed by atoms with Gasteiger partial charge in [-0.25, -0.2) is 9.97 Å². The lowest BCUT2D eigenvalue weighted by molar-refractivity contribution is -0.135. The lowest BCUT2D eigenvalue weighted by atomic mass is 10.0. The molecule has 2 aromatic carbocycles. The van der Waals surface area contributed by atoms with Crippen molar-refractivity contribution in [3.05, 3.63) is 66.4 Å². The molecule has 0 saturated carbocycles. The number of nitriles is 1. The topological polar surface area (TPSA) is 88.9 Å². The standard InChI is InChI=1S/C28H28N6O/c1-4-26(35)34-18(2)16-33(17-19(34)3)25-13-12-22(15-30-25)28-31-24-7-5-6-23(27(24)32-28)21-10-8-20(14-29)9-11-21/h5-13,15,18-19H,4,16-17H2,1-3H3,(H,31,32). The summed E-state index contributed by atoms with van der Waals surface area (Å²) in [5, 5.41) is 9.08. The number of rotatable bonds is 4. The lowest BCUT2D eigenvalue weighted by Crippen LogP contribution is -2.58. The fourth-order valence-corrected chi connectivity index (χ4v) is 5.02. The van der Waals surface area contributed by atoms with E-state index < -0.39 is 0 Å². The van der Waals surface area contributed by atoms with Gasteiger partial charge in [-0.2, -0.15) is 5.26 Å². The second-order valence-corrected chi connectivity index (χ2v) is 9.14. The lowest BCUT2D eigenvalue weighted by Gasteiger charge is -2.45. The molecule has 3 heterocycles. The summed E-state index contributed by atoms with van der Waals surface area (Å²) in [6.07, 6.45) is 2.39. The van der Waals surface area contributed by atoms with Gasteiger partial charge >= 0.3 is 0 Å². The van der Waals surface area contributed by atoms with Gasteiger partial charge in [-0.05, 0) is 49.7 Å². The number of para-hydroxylation sites is 1. The van der Waals surface area contributed by atoms with Crippen LogP contribution in [0.3, 0.4) is 0 Å². The molecule has 2 aromatic heterocycles. The number of pyridine rings is 1. The number of piperazine rings is 1. The Morgan fingerprint density at radius 3 is 2.40 bits per heavy atom. The van der Waals surface area contributed by atoms with Crippen molar-refractivity contribution in [2.24, 2.45) is 0 Å². The molecule has 4 aromatic rings. The molecule has 35 heavy (non-hydrogen) atoms. The maximum absolute atomic E-state index is 12.3. The van der Waals surface area contributed by atoms with Crippen LogP contribution in [-0.4, -0.2) is 50.9 Å². The number of benzene rings is 2. The van der Waals surface area contributed by atoms with Gasteiger partial charge in [0, 0.05) is 48.9 Å². The van der Waals surface area contributed by atoms with Crippen molar-refractivity contribution in [3.8, 4) is 28.6 Å². The van der Waals surface area contributed by atoms with Crippen LogP contribution >= 0.6 is 0 Å². The Bertz CT molecular complexity index is 1390. The number of aromatic amines is 1. The molecule has 0 spiro atoms. The van der Waals surface area contributed by atoms with E-state index >= 15 is 0 Å². The number of hydrogen-bond donors (Lipinski definition) is 1. The van der Waals surface area contributed by atoms with E-state index in [-0.39, 0.29) is 18.0 Å². The Labute approximate surface area is 205 Å². The highest BCUT2D eigenvalue weighted by molar-refractivity contribution is 5.93.